The summed E-state index contributed by atoms with van der Waals surface area (Å²) in [4.78, 5) is 6.81. The summed E-state index contributed by atoms with van der Waals surface area (Å²) in [5.74, 6) is 3.24. The van der Waals surface area contributed by atoms with Gasteiger partial charge in [0.05, 0.1) is 35.5 Å². The molecule has 0 saturated carbocycles. The van der Waals surface area contributed by atoms with Crippen LogP contribution in [0.3, 0.4) is 0 Å². The van der Waals surface area contributed by atoms with E-state index in [0.29, 0.717) is 28.8 Å². The van der Waals surface area contributed by atoms with Crippen molar-refractivity contribution in [1.82, 2.24) is 15.2 Å². The van der Waals surface area contributed by atoms with Crippen LogP contribution in [-0.2, 0) is 6.54 Å². The van der Waals surface area contributed by atoms with Gasteiger partial charge in [0.1, 0.15) is 5.75 Å². The van der Waals surface area contributed by atoms with Crippen LogP contribution in [0.15, 0.2) is 42.6 Å². The Morgan fingerprint density at radius 3 is 1.83 bits per heavy atom. The Morgan fingerprint density at radius 1 is 0.786 bits per heavy atom. The van der Waals surface area contributed by atoms with Crippen LogP contribution in [0.25, 0.3) is 0 Å². The molecule has 0 aliphatic carbocycles. The minimum absolute atomic E-state index is 0.555. The molecular weight excluding hydrogens is 534 g/mol. The zero-order valence-corrected chi connectivity index (χ0v) is 26.6. The van der Waals surface area contributed by atoms with Crippen molar-refractivity contribution >= 4 is 11.4 Å². The lowest BCUT2D eigenvalue weighted by Crippen LogP contribution is -2.67. The molecule has 0 amide bonds. The quantitative estimate of drug-likeness (QED) is 0.332. The standard InChI is InChI=1S/C12H17N3O.C9H13NO3.C9H13NO.C2H6/c1-16-12-3-2-9(5-14-12)8-15-10-4-11(15)7-13-6-10;1-11-7-4-6(10)5-8(12-2)9(7)13-3;1-6-4-7(2)9(11-3)5-8(6)10;1-2/h2-3,5,10-11,13H,4,6-8H2,1H3;4-5H,10H2,1-3H3;4-5H,10H2,1-3H3;1-2H3. The number of methoxy groups -OCH3 is 5. The summed E-state index contributed by atoms with van der Waals surface area (Å²) in [6.07, 6.45) is 3.27. The molecule has 1 aromatic heterocycles. The molecule has 3 heterocycles. The molecule has 232 valence electrons. The number of anilines is 2. The minimum atomic E-state index is 0.555. The van der Waals surface area contributed by atoms with Crippen molar-refractivity contribution in [2.75, 3.05) is 60.1 Å². The maximum Gasteiger partial charge on any atom is 0.212 e. The fourth-order valence-corrected chi connectivity index (χ4v) is 4.83. The van der Waals surface area contributed by atoms with E-state index in [0.717, 1.165) is 54.3 Å². The molecule has 10 heteroatoms. The maximum atomic E-state index is 5.69. The number of nitrogen functional groups attached to an aromatic ring is 2. The normalized spacial score (nSPS) is 16.5. The van der Waals surface area contributed by atoms with E-state index in [1.54, 1.807) is 47.7 Å². The van der Waals surface area contributed by atoms with E-state index in [1.807, 2.05) is 52.1 Å². The number of rotatable bonds is 7. The van der Waals surface area contributed by atoms with E-state index in [1.165, 1.54) is 12.0 Å². The monoisotopic (exact) mass is 583 g/mol. The zero-order chi connectivity index (χ0) is 31.2. The molecule has 42 heavy (non-hydrogen) atoms. The number of aromatic nitrogens is 1. The van der Waals surface area contributed by atoms with Crippen LogP contribution in [0.4, 0.5) is 11.4 Å². The molecule has 2 aromatic carbocycles. The Hall–Kier alpha value is -3.89. The van der Waals surface area contributed by atoms with Gasteiger partial charge in [-0.2, -0.15) is 0 Å². The molecule has 0 radical (unpaired) electrons. The van der Waals surface area contributed by atoms with Crippen LogP contribution in [0.5, 0.6) is 28.9 Å². The van der Waals surface area contributed by atoms with Gasteiger partial charge in [0, 0.05) is 73.6 Å². The largest absolute Gasteiger partial charge is 0.496 e. The highest BCUT2D eigenvalue weighted by Gasteiger charge is 2.40. The number of piperazine rings is 1. The van der Waals surface area contributed by atoms with Gasteiger partial charge >= 0.3 is 0 Å². The van der Waals surface area contributed by atoms with Crippen LogP contribution >= 0.6 is 0 Å². The van der Waals surface area contributed by atoms with Crippen molar-refractivity contribution in [3.05, 3.63) is 59.3 Å². The average molecular weight is 584 g/mol. The molecule has 2 unspecified atom stereocenters. The number of hydrogen-bond acceptors (Lipinski definition) is 10. The number of nitrogens with zero attached hydrogens (tertiary/aromatic N) is 2. The lowest BCUT2D eigenvalue weighted by atomic mass is 9.88. The fourth-order valence-electron chi connectivity index (χ4n) is 4.83. The third kappa shape index (κ3) is 9.06. The number of hydrogen-bond donors (Lipinski definition) is 3. The number of aryl methyl sites for hydroxylation is 2. The number of nitrogens with two attached hydrogens (primary N) is 2. The van der Waals surface area contributed by atoms with E-state index in [9.17, 15) is 0 Å². The molecule has 3 aromatic rings. The number of nitrogens with one attached hydrogen (secondary N) is 1. The van der Waals surface area contributed by atoms with Gasteiger partial charge in [0.2, 0.25) is 11.6 Å². The van der Waals surface area contributed by atoms with E-state index in [4.69, 9.17) is 35.2 Å². The Kier molecular flexibility index (Phi) is 14.0. The second-order valence-electron chi connectivity index (χ2n) is 9.72. The molecule has 2 aliphatic rings. The van der Waals surface area contributed by atoms with E-state index in [-0.39, 0.29) is 0 Å². The summed E-state index contributed by atoms with van der Waals surface area (Å²) in [6, 6.07) is 12.7. The maximum absolute atomic E-state index is 5.69. The number of fused-ring (bicyclic) bond motifs is 2. The molecule has 2 fully saturated rings. The zero-order valence-electron chi connectivity index (χ0n) is 26.6. The molecule has 2 aliphatic heterocycles. The van der Waals surface area contributed by atoms with Gasteiger partial charge in [-0.25, -0.2) is 4.98 Å². The van der Waals surface area contributed by atoms with Crippen molar-refractivity contribution < 1.29 is 23.7 Å². The fraction of sp³-hybridized carbons (Fsp3) is 0.469. The first-order chi connectivity index (χ1) is 20.2. The average Bonchev–Trinajstić information content (AvgIpc) is 3.03. The number of benzene rings is 2. The van der Waals surface area contributed by atoms with Crippen molar-refractivity contribution in [1.29, 1.82) is 0 Å². The van der Waals surface area contributed by atoms with Gasteiger partial charge in [-0.15, -0.1) is 0 Å². The van der Waals surface area contributed by atoms with Gasteiger partial charge in [-0.05, 0) is 37.0 Å². The van der Waals surface area contributed by atoms with Crippen molar-refractivity contribution in [3.8, 4) is 28.9 Å². The smallest absolute Gasteiger partial charge is 0.212 e. The molecule has 2 saturated heterocycles. The predicted octanol–water partition coefficient (Wildman–Crippen LogP) is 4.85. The molecule has 10 nitrogen and oxygen atoms in total. The minimum Gasteiger partial charge on any atom is -0.496 e. The Bertz CT molecular complexity index is 1200. The SMILES string of the molecule is CC.COc1cc(N)c(C)cc1C.COc1cc(N)cc(OC)c1OC.COc1ccc(CN2C3CNCC2C3)cn1. The van der Waals surface area contributed by atoms with Gasteiger partial charge < -0.3 is 40.5 Å². The highest BCUT2D eigenvalue weighted by molar-refractivity contribution is 5.60. The third-order valence-electron chi connectivity index (χ3n) is 7.08. The molecule has 0 spiro atoms. The Balaban J connectivity index is 0.000000218. The molecular formula is C32H49N5O5. The number of pyridine rings is 1. The van der Waals surface area contributed by atoms with Crippen molar-refractivity contribution in [3.63, 3.8) is 0 Å². The molecule has 2 atom stereocenters. The van der Waals surface area contributed by atoms with Gasteiger partial charge in [0.25, 0.3) is 0 Å². The summed E-state index contributed by atoms with van der Waals surface area (Å²) in [5, 5.41) is 3.44. The number of ether oxygens (including phenoxy) is 5. The van der Waals surface area contributed by atoms with E-state index >= 15 is 0 Å². The van der Waals surface area contributed by atoms with Crippen LogP contribution in [0, 0.1) is 13.8 Å². The summed E-state index contributed by atoms with van der Waals surface area (Å²) in [7, 11) is 7.95. The molecule has 5 rings (SSSR count). The van der Waals surface area contributed by atoms with Crippen molar-refractivity contribution in [2.45, 2.75) is 52.7 Å². The second kappa shape index (κ2) is 17.2. The topological polar surface area (TPSA) is 126 Å². The molecule has 2 bridgehead atoms. The van der Waals surface area contributed by atoms with Gasteiger partial charge in [-0.3, -0.25) is 4.90 Å². The van der Waals surface area contributed by atoms with E-state index < -0.39 is 0 Å². The van der Waals surface area contributed by atoms with Crippen molar-refractivity contribution in [2.24, 2.45) is 0 Å². The predicted molar refractivity (Wildman–Crippen MR) is 170 cm³/mol. The number of piperidine rings is 1. The Labute approximate surface area is 251 Å². The van der Waals surface area contributed by atoms with E-state index in [2.05, 4.69) is 21.3 Å². The summed E-state index contributed by atoms with van der Waals surface area (Å²) >= 11 is 0. The van der Waals surface area contributed by atoms with Crippen LogP contribution < -0.4 is 40.5 Å². The van der Waals surface area contributed by atoms with Gasteiger partial charge in [0.15, 0.2) is 11.5 Å². The first kappa shape index (κ1) is 34.3. The Morgan fingerprint density at radius 2 is 1.38 bits per heavy atom. The van der Waals surface area contributed by atoms with Crippen LogP contribution in [0.2, 0.25) is 0 Å². The summed E-state index contributed by atoms with van der Waals surface area (Å²) < 4.78 is 25.4. The first-order valence-electron chi connectivity index (χ1n) is 14.2. The lowest BCUT2D eigenvalue weighted by Gasteiger charge is -2.53. The van der Waals surface area contributed by atoms with Gasteiger partial charge in [-0.1, -0.05) is 26.0 Å². The third-order valence-corrected chi connectivity index (χ3v) is 7.08. The second-order valence-corrected chi connectivity index (χ2v) is 9.72. The summed E-state index contributed by atoms with van der Waals surface area (Å²) in [5.41, 5.74) is 16.2. The highest BCUT2D eigenvalue weighted by atomic mass is 16.5. The highest BCUT2D eigenvalue weighted by Crippen LogP contribution is 2.38. The first-order valence-corrected chi connectivity index (χ1v) is 14.2. The lowest BCUT2D eigenvalue weighted by molar-refractivity contribution is -0.0207. The molecule has 5 N–H and O–H groups in total. The van der Waals surface area contributed by atoms with Crippen LogP contribution in [-0.4, -0.2) is 70.6 Å². The van der Waals surface area contributed by atoms with Crippen LogP contribution in [0.1, 0.15) is 37.0 Å². The summed E-state index contributed by atoms with van der Waals surface area (Å²) in [6.45, 7) is 11.3.